The summed E-state index contributed by atoms with van der Waals surface area (Å²) in [6.07, 6.45) is 8.65. The number of fused-ring (bicyclic) bond motifs is 1. The average molecular weight is 349 g/mol. The number of aromatic nitrogens is 2. The van der Waals surface area contributed by atoms with Crippen molar-refractivity contribution in [2.24, 2.45) is 11.8 Å². The molecule has 1 aromatic heterocycles. The van der Waals surface area contributed by atoms with E-state index in [-0.39, 0.29) is 24.2 Å². The summed E-state index contributed by atoms with van der Waals surface area (Å²) in [6.45, 7) is 3.59. The number of carbonyl (C=O) groups excluding carboxylic acids is 1. The van der Waals surface area contributed by atoms with Crippen molar-refractivity contribution in [3.05, 3.63) is 21.5 Å². The number of hydrogen-bond donors (Lipinski definition) is 0. The normalized spacial score (nSPS) is 26.1. The Labute approximate surface area is 147 Å². The minimum Gasteiger partial charge on any atom is -0.462 e. The van der Waals surface area contributed by atoms with E-state index in [1.807, 2.05) is 0 Å². The zero-order valence-electron chi connectivity index (χ0n) is 15.1. The third-order valence-corrected chi connectivity index (χ3v) is 5.84. The van der Waals surface area contributed by atoms with E-state index in [0.29, 0.717) is 17.9 Å². The lowest BCUT2D eigenvalue weighted by molar-refractivity contribution is -0.386. The van der Waals surface area contributed by atoms with Gasteiger partial charge in [0.05, 0.1) is 17.9 Å². The molecule has 3 atom stereocenters. The number of rotatable bonds is 5. The zero-order chi connectivity index (χ0) is 18.0. The van der Waals surface area contributed by atoms with Crippen molar-refractivity contribution < 1.29 is 14.5 Å². The van der Waals surface area contributed by atoms with Crippen molar-refractivity contribution in [2.45, 2.75) is 77.9 Å². The number of nitro groups is 1. The second-order valence-electron chi connectivity index (χ2n) is 7.48. The molecule has 2 aliphatic rings. The summed E-state index contributed by atoms with van der Waals surface area (Å²) in [4.78, 5) is 22.8. The molecule has 2 saturated carbocycles. The standard InChI is InChI=1S/C18H27N3O4/c1-12-18(21(23)24)13(2)20(19-12)10-9-17(22)25-16-8-7-14-5-3-4-6-15(14)11-16/h14-16H,3-11H2,1-2H3/t14-,15-,16+/m0/s1. The number of hydrogen-bond acceptors (Lipinski definition) is 5. The Balaban J connectivity index is 1.50. The molecule has 3 rings (SSSR count). The van der Waals surface area contributed by atoms with E-state index in [1.54, 1.807) is 13.8 Å². The van der Waals surface area contributed by atoms with Crippen LogP contribution in [0, 0.1) is 35.8 Å². The molecule has 7 heteroatoms. The highest BCUT2D eigenvalue weighted by Crippen LogP contribution is 2.41. The van der Waals surface area contributed by atoms with Crippen LogP contribution in [0.5, 0.6) is 0 Å². The van der Waals surface area contributed by atoms with Gasteiger partial charge in [-0.05, 0) is 44.9 Å². The lowest BCUT2D eigenvalue weighted by atomic mass is 9.70. The molecular weight excluding hydrogens is 322 g/mol. The first kappa shape index (κ1) is 17.9. The third-order valence-electron chi connectivity index (χ3n) is 5.84. The van der Waals surface area contributed by atoms with Crippen LogP contribution < -0.4 is 0 Å². The molecule has 138 valence electrons. The van der Waals surface area contributed by atoms with Crippen LogP contribution in [0.4, 0.5) is 5.69 Å². The van der Waals surface area contributed by atoms with E-state index in [2.05, 4.69) is 5.10 Å². The molecule has 0 aliphatic heterocycles. The van der Waals surface area contributed by atoms with Crippen LogP contribution in [0.15, 0.2) is 0 Å². The molecule has 25 heavy (non-hydrogen) atoms. The lowest BCUT2D eigenvalue weighted by Crippen LogP contribution is -2.33. The third kappa shape index (κ3) is 4.02. The molecular formula is C18H27N3O4. The molecule has 0 N–H and O–H groups in total. The Hall–Kier alpha value is -1.92. The summed E-state index contributed by atoms with van der Waals surface area (Å²) in [5.74, 6) is 1.33. The summed E-state index contributed by atoms with van der Waals surface area (Å²) < 4.78 is 7.21. The highest BCUT2D eigenvalue weighted by Gasteiger charge is 2.33. The van der Waals surface area contributed by atoms with Gasteiger partial charge in [0.1, 0.15) is 17.5 Å². The van der Waals surface area contributed by atoms with E-state index in [0.717, 1.165) is 24.7 Å². The molecule has 0 radical (unpaired) electrons. The molecule has 0 unspecified atom stereocenters. The maximum absolute atomic E-state index is 12.2. The highest BCUT2D eigenvalue weighted by molar-refractivity contribution is 5.69. The van der Waals surface area contributed by atoms with Crippen molar-refractivity contribution in [3.63, 3.8) is 0 Å². The largest absolute Gasteiger partial charge is 0.462 e. The molecule has 0 amide bonds. The average Bonchev–Trinajstić information content (AvgIpc) is 2.86. The van der Waals surface area contributed by atoms with Gasteiger partial charge in [0.15, 0.2) is 0 Å². The topological polar surface area (TPSA) is 87.3 Å². The van der Waals surface area contributed by atoms with Gasteiger partial charge >= 0.3 is 11.7 Å². The Morgan fingerprint density at radius 3 is 2.64 bits per heavy atom. The van der Waals surface area contributed by atoms with Crippen LogP contribution in [-0.2, 0) is 16.1 Å². The van der Waals surface area contributed by atoms with Crippen LogP contribution in [0.25, 0.3) is 0 Å². The first-order chi connectivity index (χ1) is 12.0. The number of carbonyl (C=O) groups is 1. The van der Waals surface area contributed by atoms with Crippen LogP contribution >= 0.6 is 0 Å². The van der Waals surface area contributed by atoms with Crippen LogP contribution in [-0.4, -0.2) is 26.8 Å². The van der Waals surface area contributed by atoms with Gasteiger partial charge in [-0.15, -0.1) is 0 Å². The number of aryl methyl sites for hydroxylation is 2. The fraction of sp³-hybridized carbons (Fsp3) is 0.778. The molecule has 2 aliphatic carbocycles. The first-order valence-corrected chi connectivity index (χ1v) is 9.33. The maximum atomic E-state index is 12.2. The molecule has 0 aromatic carbocycles. The fourth-order valence-electron chi connectivity index (χ4n) is 4.55. The number of ether oxygens (including phenoxy) is 1. The van der Waals surface area contributed by atoms with Crippen LogP contribution in [0.1, 0.15) is 62.8 Å². The monoisotopic (exact) mass is 349 g/mol. The molecule has 2 fully saturated rings. The molecule has 0 bridgehead atoms. The Bertz CT molecular complexity index is 655. The summed E-state index contributed by atoms with van der Waals surface area (Å²) in [7, 11) is 0. The van der Waals surface area contributed by atoms with Crippen molar-refractivity contribution in [1.82, 2.24) is 9.78 Å². The van der Waals surface area contributed by atoms with E-state index >= 15 is 0 Å². The van der Waals surface area contributed by atoms with Crippen molar-refractivity contribution in [1.29, 1.82) is 0 Å². The minimum atomic E-state index is -0.422. The minimum absolute atomic E-state index is 0.0315. The summed E-state index contributed by atoms with van der Waals surface area (Å²) in [5.41, 5.74) is 0.897. The molecule has 1 aromatic rings. The predicted octanol–water partition coefficient (Wildman–Crippen LogP) is 3.70. The second kappa shape index (κ2) is 7.54. The van der Waals surface area contributed by atoms with E-state index in [1.165, 1.54) is 36.8 Å². The van der Waals surface area contributed by atoms with Gasteiger partial charge in [-0.1, -0.05) is 25.7 Å². The van der Waals surface area contributed by atoms with E-state index < -0.39 is 4.92 Å². The quantitative estimate of drug-likeness (QED) is 0.459. The van der Waals surface area contributed by atoms with Gasteiger partial charge in [0.25, 0.3) is 0 Å². The van der Waals surface area contributed by atoms with E-state index in [9.17, 15) is 14.9 Å². The van der Waals surface area contributed by atoms with Gasteiger partial charge < -0.3 is 4.74 Å². The molecule has 1 heterocycles. The summed E-state index contributed by atoms with van der Waals surface area (Å²) in [5, 5.41) is 15.2. The fourth-order valence-corrected chi connectivity index (χ4v) is 4.55. The summed E-state index contributed by atoms with van der Waals surface area (Å²) >= 11 is 0. The Morgan fingerprint density at radius 1 is 1.24 bits per heavy atom. The van der Waals surface area contributed by atoms with Gasteiger partial charge in [-0.3, -0.25) is 19.6 Å². The van der Waals surface area contributed by atoms with Crippen molar-refractivity contribution in [2.75, 3.05) is 0 Å². The predicted molar refractivity (Wildman–Crippen MR) is 92.2 cm³/mol. The zero-order valence-corrected chi connectivity index (χ0v) is 15.1. The van der Waals surface area contributed by atoms with Crippen LogP contribution in [0.2, 0.25) is 0 Å². The summed E-state index contributed by atoms with van der Waals surface area (Å²) in [6, 6.07) is 0. The number of esters is 1. The smallest absolute Gasteiger partial charge is 0.312 e. The van der Waals surface area contributed by atoms with Crippen LogP contribution in [0.3, 0.4) is 0 Å². The van der Waals surface area contributed by atoms with Gasteiger partial charge in [0, 0.05) is 0 Å². The first-order valence-electron chi connectivity index (χ1n) is 9.33. The lowest BCUT2D eigenvalue weighted by Gasteiger charge is -2.38. The van der Waals surface area contributed by atoms with Gasteiger partial charge in [-0.2, -0.15) is 5.10 Å². The Kier molecular flexibility index (Phi) is 5.39. The molecule has 0 saturated heterocycles. The SMILES string of the molecule is Cc1nn(CCC(=O)O[C@@H]2CC[C@@H]3CCCC[C@H]3C2)c(C)c1[N+](=O)[O-]. The highest BCUT2D eigenvalue weighted by atomic mass is 16.6. The van der Waals surface area contributed by atoms with E-state index in [4.69, 9.17) is 4.74 Å². The molecule has 0 spiro atoms. The Morgan fingerprint density at radius 2 is 1.96 bits per heavy atom. The van der Waals surface area contributed by atoms with Crippen molar-refractivity contribution >= 4 is 11.7 Å². The van der Waals surface area contributed by atoms with Gasteiger partial charge in [-0.25, -0.2) is 0 Å². The second-order valence-corrected chi connectivity index (χ2v) is 7.48. The number of nitrogens with zero attached hydrogens (tertiary/aromatic N) is 3. The maximum Gasteiger partial charge on any atom is 0.312 e. The molecule has 7 nitrogen and oxygen atoms in total. The van der Waals surface area contributed by atoms with Crippen molar-refractivity contribution in [3.8, 4) is 0 Å². The van der Waals surface area contributed by atoms with Gasteiger partial charge in [0.2, 0.25) is 0 Å².